The fraction of sp³-hybridized carbons (Fsp3) is 0.550. The number of primary sulfonamides is 1. The van der Waals surface area contributed by atoms with E-state index >= 15 is 0 Å². The van der Waals surface area contributed by atoms with Gasteiger partial charge in [-0.2, -0.15) is 13.9 Å². The van der Waals surface area contributed by atoms with Crippen molar-refractivity contribution in [1.82, 2.24) is 14.8 Å². The Morgan fingerprint density at radius 2 is 1.97 bits per heavy atom. The predicted molar refractivity (Wildman–Crippen MR) is 109 cm³/mol. The molecule has 2 fully saturated rings. The normalized spacial score (nSPS) is 26.2. The van der Waals surface area contributed by atoms with E-state index in [0.717, 1.165) is 16.9 Å². The molecule has 1 amide bonds. The van der Waals surface area contributed by atoms with Crippen molar-refractivity contribution in [3.63, 3.8) is 0 Å². The number of rotatable bonds is 6. The lowest BCUT2D eigenvalue weighted by Gasteiger charge is -2.18. The average Bonchev–Trinajstić information content (AvgIpc) is 2.90. The van der Waals surface area contributed by atoms with Crippen molar-refractivity contribution < 1.29 is 30.8 Å². The van der Waals surface area contributed by atoms with Gasteiger partial charge in [0.15, 0.2) is 5.03 Å². The van der Waals surface area contributed by atoms with Crippen LogP contribution in [0.2, 0.25) is 0 Å². The summed E-state index contributed by atoms with van der Waals surface area (Å²) >= 11 is 0. The Kier molecular flexibility index (Phi) is 5.00. The third kappa shape index (κ3) is 4.12. The van der Waals surface area contributed by atoms with E-state index in [1.54, 1.807) is 6.92 Å². The number of nitrogens with one attached hydrogen (secondary N) is 1. The van der Waals surface area contributed by atoms with E-state index in [4.69, 9.17) is 5.14 Å². The van der Waals surface area contributed by atoms with E-state index in [1.165, 1.54) is 13.0 Å². The molecule has 2 aliphatic carbocycles. The zero-order valence-corrected chi connectivity index (χ0v) is 18.9. The smallest absolute Gasteiger partial charge is 0.289 e. The third-order valence-electron chi connectivity index (χ3n) is 6.69. The highest BCUT2D eigenvalue weighted by Gasteiger charge is 2.74. The van der Waals surface area contributed by atoms with Gasteiger partial charge in [0.2, 0.25) is 5.92 Å². The van der Waals surface area contributed by atoms with Gasteiger partial charge in [0.1, 0.15) is 11.4 Å². The SMILES string of the molecule is Cc1c(C(C)(F)F)nn(CC23CC(F)(F)CC2(C)C3)c1C(=O)Nc1ccnc(S(N)(=O)=O)c1. The highest BCUT2D eigenvalue weighted by atomic mass is 32.2. The van der Waals surface area contributed by atoms with E-state index in [2.05, 4.69) is 15.4 Å². The first-order chi connectivity index (χ1) is 15.0. The molecule has 0 saturated heterocycles. The summed E-state index contributed by atoms with van der Waals surface area (Å²) in [6.45, 7) is 3.56. The van der Waals surface area contributed by atoms with Crippen LogP contribution in [0.15, 0.2) is 23.4 Å². The maximum Gasteiger partial charge on any atom is 0.289 e. The van der Waals surface area contributed by atoms with Crippen LogP contribution in [0, 0.1) is 17.8 Å². The number of carbonyl (C=O) groups is 1. The number of amides is 1. The summed E-state index contributed by atoms with van der Waals surface area (Å²) in [5.41, 5.74) is -2.42. The van der Waals surface area contributed by atoms with Crippen molar-refractivity contribution in [1.29, 1.82) is 0 Å². The van der Waals surface area contributed by atoms with E-state index in [9.17, 15) is 30.8 Å². The molecule has 0 bridgehead atoms. The standard InChI is InChI=1S/C20H23F4N5O3S/c1-11-14(16(30)27-12-4-5-26-13(6-12)33(25,31)32)29(28-15(11)18(3,21)22)10-19-7-17(19,2)8-20(23,24)9-19/h4-6H,7-10H2,1-3H3,(H2,25,31,32)(H,26,27,30). The number of alkyl halides is 4. The number of halogens is 4. The molecule has 3 N–H and O–H groups in total. The molecule has 0 aromatic carbocycles. The van der Waals surface area contributed by atoms with Crippen LogP contribution in [0.1, 0.15) is 54.9 Å². The van der Waals surface area contributed by atoms with Gasteiger partial charge in [-0.25, -0.2) is 27.3 Å². The first-order valence-corrected chi connectivity index (χ1v) is 11.6. The molecule has 2 aromatic heterocycles. The Morgan fingerprint density at radius 3 is 2.52 bits per heavy atom. The van der Waals surface area contributed by atoms with Crippen LogP contribution in [0.5, 0.6) is 0 Å². The molecule has 0 aliphatic heterocycles. The molecule has 0 radical (unpaired) electrons. The first kappa shape index (κ1) is 23.6. The molecule has 2 atom stereocenters. The second kappa shape index (κ2) is 6.98. The van der Waals surface area contributed by atoms with Crippen LogP contribution in [-0.2, 0) is 22.5 Å². The third-order valence-corrected chi connectivity index (χ3v) is 7.49. The molecular weight excluding hydrogens is 466 g/mol. The van der Waals surface area contributed by atoms with Crippen LogP contribution in [0.3, 0.4) is 0 Å². The van der Waals surface area contributed by atoms with E-state index in [-0.39, 0.29) is 29.9 Å². The van der Waals surface area contributed by atoms with Crippen LogP contribution in [0.25, 0.3) is 0 Å². The Hall–Kier alpha value is -2.54. The van der Waals surface area contributed by atoms with Gasteiger partial charge < -0.3 is 5.32 Å². The summed E-state index contributed by atoms with van der Waals surface area (Å²) in [5, 5.41) is 10.9. The number of fused-ring (bicyclic) bond motifs is 1. The van der Waals surface area contributed by atoms with Crippen LogP contribution < -0.4 is 10.5 Å². The number of sulfonamides is 1. The zero-order valence-electron chi connectivity index (χ0n) is 18.1. The molecule has 0 spiro atoms. The van der Waals surface area contributed by atoms with Crippen LogP contribution in [-0.4, -0.2) is 35.0 Å². The summed E-state index contributed by atoms with van der Waals surface area (Å²) in [7, 11) is -4.14. The minimum absolute atomic E-state index is 0.0119. The fourth-order valence-corrected chi connectivity index (χ4v) is 5.65. The fourth-order valence-electron chi connectivity index (χ4n) is 5.15. The molecule has 4 rings (SSSR count). The molecule has 180 valence electrons. The number of nitrogens with two attached hydrogens (primary N) is 1. The Morgan fingerprint density at radius 1 is 1.30 bits per heavy atom. The lowest BCUT2D eigenvalue weighted by Crippen LogP contribution is -2.24. The monoisotopic (exact) mass is 489 g/mol. The molecular formula is C20H23F4N5O3S. The van der Waals surface area contributed by atoms with E-state index in [1.807, 2.05) is 0 Å². The summed E-state index contributed by atoms with van der Waals surface area (Å²) in [4.78, 5) is 16.7. The van der Waals surface area contributed by atoms with Gasteiger partial charge in [-0.1, -0.05) is 6.92 Å². The molecule has 13 heteroatoms. The van der Waals surface area contributed by atoms with Gasteiger partial charge in [-0.15, -0.1) is 0 Å². The number of hydrogen-bond acceptors (Lipinski definition) is 5. The largest absolute Gasteiger partial charge is 0.321 e. The molecule has 2 unspecified atom stereocenters. The lowest BCUT2D eigenvalue weighted by atomic mass is 9.98. The Labute approximate surface area is 187 Å². The van der Waals surface area contributed by atoms with Gasteiger partial charge >= 0.3 is 0 Å². The first-order valence-electron chi connectivity index (χ1n) is 10.1. The summed E-state index contributed by atoms with van der Waals surface area (Å²) in [6.07, 6.45) is 0.887. The van der Waals surface area contributed by atoms with Gasteiger partial charge in [0.05, 0.1) is 0 Å². The van der Waals surface area contributed by atoms with Gasteiger partial charge in [-0.05, 0) is 24.8 Å². The van der Waals surface area contributed by atoms with Crippen molar-refractivity contribution in [2.75, 3.05) is 5.32 Å². The Balaban J connectivity index is 1.71. The summed E-state index contributed by atoms with van der Waals surface area (Å²) in [5.74, 6) is -7.08. The van der Waals surface area contributed by atoms with Gasteiger partial charge in [0.25, 0.3) is 21.9 Å². The second-order valence-corrected chi connectivity index (χ2v) is 11.0. The number of pyridine rings is 1. The molecule has 2 heterocycles. The molecule has 2 aromatic rings. The Bertz CT molecular complexity index is 1260. The number of anilines is 1. The lowest BCUT2D eigenvalue weighted by molar-refractivity contribution is -0.0153. The van der Waals surface area contributed by atoms with Gasteiger partial charge in [-0.3, -0.25) is 9.48 Å². The zero-order chi connectivity index (χ0) is 24.6. The van der Waals surface area contributed by atoms with Crippen molar-refractivity contribution in [3.8, 4) is 0 Å². The number of nitrogens with zero attached hydrogens (tertiary/aromatic N) is 3. The topological polar surface area (TPSA) is 120 Å². The quantitative estimate of drug-likeness (QED) is 0.603. The van der Waals surface area contributed by atoms with E-state index in [0.29, 0.717) is 13.3 Å². The minimum atomic E-state index is -4.14. The number of carbonyl (C=O) groups excluding carboxylic acids is 1. The highest BCUT2D eigenvalue weighted by molar-refractivity contribution is 7.89. The highest BCUT2D eigenvalue weighted by Crippen LogP contribution is 2.77. The van der Waals surface area contributed by atoms with Crippen molar-refractivity contribution in [2.45, 2.75) is 63.4 Å². The molecule has 2 saturated carbocycles. The molecule has 8 nitrogen and oxygen atoms in total. The predicted octanol–water partition coefficient (Wildman–Crippen LogP) is 3.42. The van der Waals surface area contributed by atoms with Crippen molar-refractivity contribution in [3.05, 3.63) is 35.3 Å². The average molecular weight is 489 g/mol. The summed E-state index contributed by atoms with van der Waals surface area (Å²) < 4.78 is 80.6. The van der Waals surface area contributed by atoms with Crippen LogP contribution in [0.4, 0.5) is 23.2 Å². The second-order valence-electron chi connectivity index (χ2n) is 9.48. The summed E-state index contributed by atoms with van der Waals surface area (Å²) in [6, 6.07) is 2.32. The number of aromatic nitrogens is 3. The number of hydrogen-bond donors (Lipinski definition) is 2. The van der Waals surface area contributed by atoms with Crippen molar-refractivity contribution >= 4 is 21.6 Å². The maximum atomic E-state index is 14.2. The molecule has 33 heavy (non-hydrogen) atoms. The van der Waals surface area contributed by atoms with Crippen LogP contribution >= 0.6 is 0 Å². The van der Waals surface area contributed by atoms with Crippen molar-refractivity contribution in [2.24, 2.45) is 16.0 Å². The van der Waals surface area contributed by atoms with Gasteiger partial charge in [0, 0.05) is 55.2 Å². The maximum absolute atomic E-state index is 14.2. The molecule has 2 aliphatic rings. The minimum Gasteiger partial charge on any atom is -0.321 e. The van der Waals surface area contributed by atoms with E-state index < -0.39 is 55.7 Å².